The highest BCUT2D eigenvalue weighted by molar-refractivity contribution is 6.00. The van der Waals surface area contributed by atoms with E-state index in [1.165, 1.54) is 12.1 Å². The molecule has 1 heterocycles. The SMILES string of the molecule is CCNc1c(C(=O)N2CCCC2C)cccc1C(F)(F)F. The molecule has 2 rings (SSSR count). The van der Waals surface area contributed by atoms with Gasteiger partial charge in [-0.3, -0.25) is 4.79 Å². The fraction of sp³-hybridized carbons (Fsp3) is 0.533. The lowest BCUT2D eigenvalue weighted by atomic mass is 10.0. The lowest BCUT2D eigenvalue weighted by Gasteiger charge is -2.24. The molecule has 0 aromatic heterocycles. The van der Waals surface area contributed by atoms with Crippen LogP contribution >= 0.6 is 0 Å². The van der Waals surface area contributed by atoms with Gasteiger partial charge >= 0.3 is 6.18 Å². The summed E-state index contributed by atoms with van der Waals surface area (Å²) in [6, 6.07) is 3.82. The van der Waals surface area contributed by atoms with E-state index in [0.717, 1.165) is 18.9 Å². The molecule has 0 radical (unpaired) electrons. The molecular weight excluding hydrogens is 281 g/mol. The third-order valence-corrected chi connectivity index (χ3v) is 3.77. The molecule has 6 heteroatoms. The van der Waals surface area contributed by atoms with Crippen molar-refractivity contribution in [1.82, 2.24) is 4.90 Å². The zero-order valence-corrected chi connectivity index (χ0v) is 12.1. The topological polar surface area (TPSA) is 32.3 Å². The summed E-state index contributed by atoms with van der Waals surface area (Å²) in [5, 5.41) is 2.70. The number of anilines is 1. The van der Waals surface area contributed by atoms with Crippen LogP contribution in [0.15, 0.2) is 18.2 Å². The molecule has 1 amide bonds. The number of carbonyl (C=O) groups excluding carboxylic acids is 1. The number of nitrogens with zero attached hydrogens (tertiary/aromatic N) is 1. The van der Waals surface area contributed by atoms with Crippen LogP contribution in [0.4, 0.5) is 18.9 Å². The Morgan fingerprint density at radius 3 is 2.67 bits per heavy atom. The second-order valence-corrected chi connectivity index (χ2v) is 5.25. The van der Waals surface area contributed by atoms with Crippen LogP contribution in [0.1, 0.15) is 42.6 Å². The Hall–Kier alpha value is -1.72. The molecule has 21 heavy (non-hydrogen) atoms. The molecule has 3 nitrogen and oxygen atoms in total. The first kappa shape index (κ1) is 15.7. The summed E-state index contributed by atoms with van der Waals surface area (Å²) in [4.78, 5) is 14.2. The van der Waals surface area contributed by atoms with Crippen molar-refractivity contribution in [3.8, 4) is 0 Å². The Morgan fingerprint density at radius 2 is 2.14 bits per heavy atom. The van der Waals surface area contributed by atoms with E-state index in [0.29, 0.717) is 13.1 Å². The van der Waals surface area contributed by atoms with E-state index in [9.17, 15) is 18.0 Å². The molecule has 0 bridgehead atoms. The van der Waals surface area contributed by atoms with Crippen molar-refractivity contribution < 1.29 is 18.0 Å². The standard InChI is InChI=1S/C15H19F3N2O/c1-3-19-13-11(7-4-8-12(13)15(16,17)18)14(21)20-9-5-6-10(20)2/h4,7-8,10,19H,3,5-6,9H2,1-2H3. The number of nitrogens with one attached hydrogen (secondary N) is 1. The minimum absolute atomic E-state index is 0.0709. The Kier molecular flexibility index (Phi) is 4.44. The molecule has 0 saturated carbocycles. The Bertz CT molecular complexity index is 528. The highest BCUT2D eigenvalue weighted by Crippen LogP contribution is 2.37. The zero-order chi connectivity index (χ0) is 15.6. The van der Waals surface area contributed by atoms with Crippen molar-refractivity contribution in [3.05, 3.63) is 29.3 Å². The molecule has 1 fully saturated rings. The fourth-order valence-electron chi connectivity index (χ4n) is 2.72. The largest absolute Gasteiger partial charge is 0.418 e. The number of amides is 1. The molecule has 116 valence electrons. The van der Waals surface area contributed by atoms with Crippen molar-refractivity contribution in [1.29, 1.82) is 0 Å². The highest BCUT2D eigenvalue weighted by Gasteiger charge is 2.36. The van der Waals surface area contributed by atoms with Crippen LogP contribution in [0.3, 0.4) is 0 Å². The molecular formula is C15H19F3N2O. The van der Waals surface area contributed by atoms with Gasteiger partial charge in [-0.1, -0.05) is 6.07 Å². The maximum atomic E-state index is 13.1. The zero-order valence-electron chi connectivity index (χ0n) is 12.1. The molecule has 1 unspecified atom stereocenters. The van der Waals surface area contributed by atoms with Gasteiger partial charge in [-0.05, 0) is 38.8 Å². The maximum Gasteiger partial charge on any atom is 0.418 e. The third kappa shape index (κ3) is 3.14. The van der Waals surface area contributed by atoms with Gasteiger partial charge in [-0.25, -0.2) is 0 Å². The van der Waals surface area contributed by atoms with Gasteiger partial charge in [0.2, 0.25) is 0 Å². The van der Waals surface area contributed by atoms with Crippen molar-refractivity contribution >= 4 is 11.6 Å². The van der Waals surface area contributed by atoms with Crippen LogP contribution in [0.2, 0.25) is 0 Å². The number of rotatable bonds is 3. The summed E-state index contributed by atoms with van der Waals surface area (Å²) in [5.74, 6) is -0.331. The molecule has 1 aliphatic heterocycles. The second kappa shape index (κ2) is 5.95. The third-order valence-electron chi connectivity index (χ3n) is 3.77. The van der Waals surface area contributed by atoms with E-state index in [1.807, 2.05) is 6.92 Å². The molecule has 1 atom stereocenters. The highest BCUT2D eigenvalue weighted by atomic mass is 19.4. The summed E-state index contributed by atoms with van der Waals surface area (Å²) in [7, 11) is 0. The number of benzene rings is 1. The van der Waals surface area contributed by atoms with E-state index in [4.69, 9.17) is 0 Å². The normalized spacial score (nSPS) is 18.9. The second-order valence-electron chi connectivity index (χ2n) is 5.25. The minimum atomic E-state index is -4.48. The molecule has 1 aromatic carbocycles. The van der Waals surface area contributed by atoms with E-state index in [1.54, 1.807) is 11.8 Å². The van der Waals surface area contributed by atoms with E-state index in [-0.39, 0.29) is 23.2 Å². The summed E-state index contributed by atoms with van der Waals surface area (Å²) in [6.45, 7) is 4.55. The van der Waals surface area contributed by atoms with Crippen LogP contribution in [0, 0.1) is 0 Å². The predicted molar refractivity (Wildman–Crippen MR) is 75.3 cm³/mol. The summed E-state index contributed by atoms with van der Waals surface area (Å²) >= 11 is 0. The first-order chi connectivity index (χ1) is 9.86. The average Bonchev–Trinajstić information content (AvgIpc) is 2.83. The lowest BCUT2D eigenvalue weighted by Crippen LogP contribution is -2.34. The number of alkyl halides is 3. The Morgan fingerprint density at radius 1 is 1.43 bits per heavy atom. The van der Waals surface area contributed by atoms with Crippen molar-refractivity contribution in [2.24, 2.45) is 0 Å². The quantitative estimate of drug-likeness (QED) is 0.921. The lowest BCUT2D eigenvalue weighted by molar-refractivity contribution is -0.137. The van der Waals surface area contributed by atoms with Crippen LogP contribution in [0.25, 0.3) is 0 Å². The van der Waals surface area contributed by atoms with Gasteiger partial charge in [0.15, 0.2) is 0 Å². The van der Waals surface area contributed by atoms with E-state index in [2.05, 4.69) is 5.32 Å². The number of carbonyl (C=O) groups is 1. The van der Waals surface area contributed by atoms with E-state index < -0.39 is 11.7 Å². The van der Waals surface area contributed by atoms with Crippen LogP contribution in [0.5, 0.6) is 0 Å². The molecule has 0 aliphatic carbocycles. The molecule has 1 aromatic rings. The molecule has 1 aliphatic rings. The summed E-state index contributed by atoms with van der Waals surface area (Å²) < 4.78 is 39.3. The monoisotopic (exact) mass is 300 g/mol. The average molecular weight is 300 g/mol. The van der Waals surface area contributed by atoms with Crippen LogP contribution < -0.4 is 5.32 Å². The van der Waals surface area contributed by atoms with Crippen molar-refractivity contribution in [2.45, 2.75) is 38.9 Å². The van der Waals surface area contributed by atoms with Gasteiger partial charge in [0, 0.05) is 19.1 Å². The molecule has 1 N–H and O–H groups in total. The predicted octanol–water partition coefficient (Wildman–Crippen LogP) is 3.76. The van der Waals surface area contributed by atoms with Gasteiger partial charge in [0.1, 0.15) is 0 Å². The first-order valence-corrected chi connectivity index (χ1v) is 7.11. The van der Waals surface area contributed by atoms with Crippen molar-refractivity contribution in [3.63, 3.8) is 0 Å². The number of halogens is 3. The number of likely N-dealkylation sites (tertiary alicyclic amines) is 1. The van der Waals surface area contributed by atoms with Gasteiger partial charge in [0.05, 0.1) is 16.8 Å². The number of para-hydroxylation sites is 1. The van der Waals surface area contributed by atoms with E-state index >= 15 is 0 Å². The molecule has 0 spiro atoms. The van der Waals surface area contributed by atoms with Gasteiger partial charge in [-0.2, -0.15) is 13.2 Å². The van der Waals surface area contributed by atoms with Gasteiger partial charge < -0.3 is 10.2 Å². The number of hydrogen-bond donors (Lipinski definition) is 1. The molecule has 1 saturated heterocycles. The van der Waals surface area contributed by atoms with Crippen LogP contribution in [-0.4, -0.2) is 29.9 Å². The summed E-state index contributed by atoms with van der Waals surface area (Å²) in [6.07, 6.45) is -2.70. The number of hydrogen-bond acceptors (Lipinski definition) is 2. The smallest absolute Gasteiger partial charge is 0.384 e. The van der Waals surface area contributed by atoms with Gasteiger partial charge in [0.25, 0.3) is 5.91 Å². The minimum Gasteiger partial charge on any atom is -0.384 e. The van der Waals surface area contributed by atoms with Crippen LogP contribution in [-0.2, 0) is 6.18 Å². The summed E-state index contributed by atoms with van der Waals surface area (Å²) in [5.41, 5.74) is -0.806. The fourth-order valence-corrected chi connectivity index (χ4v) is 2.72. The maximum absolute atomic E-state index is 13.1. The Balaban J connectivity index is 2.45. The van der Waals surface area contributed by atoms with Crippen molar-refractivity contribution in [2.75, 3.05) is 18.4 Å². The Labute approximate surface area is 122 Å². The van der Waals surface area contributed by atoms with Gasteiger partial charge in [-0.15, -0.1) is 0 Å². The first-order valence-electron chi connectivity index (χ1n) is 7.11.